The number of aromatic nitrogens is 1. The largest absolute Gasteiger partial charge is 1.00 e. The molecule has 36 heavy (non-hydrogen) atoms. The van der Waals surface area contributed by atoms with Gasteiger partial charge in [0, 0.05) is 25.0 Å². The number of benzene rings is 4. The maximum atomic E-state index is 9.57. The van der Waals surface area contributed by atoms with Crippen LogP contribution >= 0.6 is 0 Å². The Bertz CT molecular complexity index is 1210. The third kappa shape index (κ3) is 10.0. The van der Waals surface area contributed by atoms with E-state index in [1.807, 2.05) is 91.3 Å². The van der Waals surface area contributed by atoms with Gasteiger partial charge in [-0.15, -0.1) is 0 Å². The number of halogens is 1. The van der Waals surface area contributed by atoms with Crippen molar-refractivity contribution in [1.29, 1.82) is 0 Å². The van der Waals surface area contributed by atoms with E-state index in [4.69, 9.17) is 4.74 Å². The molecular weight excluding hydrogens is 466 g/mol. The molecule has 0 radical (unpaired) electrons. The zero-order valence-corrected chi connectivity index (χ0v) is 21.2. The molecule has 184 valence electrons. The van der Waals surface area contributed by atoms with Crippen LogP contribution in [0.1, 0.15) is 22.3 Å². The standard InChI is InChI=1S/C14H14O.C13H12O.C5H5N.ClH/c1-15-14-10-6-5-9-13(14)11-12-7-3-2-4-8-12;14-13-9-5-4-8-12(13)10-11-6-2-1-3-7-11;1-2-4-6-5-3-1;/h2-10H,11H2,1H3;1-9,14H,10H2;1-5H;1H. The van der Waals surface area contributed by atoms with Gasteiger partial charge in [0.2, 0.25) is 0 Å². The second kappa shape index (κ2) is 16.5. The van der Waals surface area contributed by atoms with Crippen LogP contribution in [0, 0.1) is 0 Å². The summed E-state index contributed by atoms with van der Waals surface area (Å²) in [6.07, 6.45) is 5.46. The quantitative estimate of drug-likeness (QED) is 0.401. The summed E-state index contributed by atoms with van der Waals surface area (Å²) in [4.78, 5) is 2.89. The Balaban J connectivity index is 0.000000203. The van der Waals surface area contributed by atoms with Crippen molar-refractivity contribution in [3.05, 3.63) is 162 Å². The minimum Gasteiger partial charge on any atom is -1.00 e. The Morgan fingerprint density at radius 1 is 0.556 bits per heavy atom. The molecule has 0 saturated heterocycles. The SMILES string of the molecule is COc1ccccc1Cc1ccccc1.Oc1ccccc1Cc1ccccc1.[Cl-].c1cc[nH+]cc1. The monoisotopic (exact) mass is 497 g/mol. The number of aromatic amines is 1. The maximum absolute atomic E-state index is 9.57. The Hall–Kier alpha value is -4.08. The van der Waals surface area contributed by atoms with Gasteiger partial charge in [0.25, 0.3) is 0 Å². The fourth-order valence-corrected chi connectivity index (χ4v) is 3.48. The molecule has 4 heteroatoms. The Labute approximate surface area is 220 Å². The number of pyridine rings is 1. The van der Waals surface area contributed by atoms with Gasteiger partial charge >= 0.3 is 0 Å². The van der Waals surface area contributed by atoms with Gasteiger partial charge in [-0.1, -0.05) is 103 Å². The minimum atomic E-state index is 0. The van der Waals surface area contributed by atoms with E-state index in [-0.39, 0.29) is 12.4 Å². The highest BCUT2D eigenvalue weighted by atomic mass is 35.5. The number of H-pyrrole nitrogens is 1. The van der Waals surface area contributed by atoms with E-state index in [1.165, 1.54) is 16.7 Å². The molecule has 0 aliphatic rings. The van der Waals surface area contributed by atoms with Crippen molar-refractivity contribution >= 4 is 0 Å². The molecule has 4 aromatic carbocycles. The third-order valence-electron chi connectivity index (χ3n) is 5.27. The summed E-state index contributed by atoms with van der Waals surface area (Å²) in [7, 11) is 1.71. The van der Waals surface area contributed by atoms with Gasteiger partial charge in [-0.05, 0) is 34.4 Å². The van der Waals surface area contributed by atoms with E-state index in [2.05, 4.69) is 47.4 Å². The number of para-hydroxylation sites is 2. The minimum absolute atomic E-state index is 0. The highest BCUT2D eigenvalue weighted by Gasteiger charge is 2.02. The van der Waals surface area contributed by atoms with E-state index < -0.39 is 0 Å². The van der Waals surface area contributed by atoms with Crippen LogP contribution in [0.15, 0.2) is 140 Å². The number of methoxy groups -OCH3 is 1. The molecule has 0 aliphatic carbocycles. The first-order chi connectivity index (χ1) is 17.3. The molecule has 0 saturated carbocycles. The van der Waals surface area contributed by atoms with Gasteiger partial charge in [-0.2, -0.15) is 0 Å². The molecule has 0 atom stereocenters. The average Bonchev–Trinajstić information content (AvgIpc) is 2.93. The molecule has 1 heterocycles. The normalized spacial score (nSPS) is 9.36. The number of ether oxygens (including phenoxy) is 1. The summed E-state index contributed by atoms with van der Waals surface area (Å²) in [6, 6.07) is 42.0. The second-order valence-electron chi connectivity index (χ2n) is 7.84. The summed E-state index contributed by atoms with van der Waals surface area (Å²) < 4.78 is 5.32. The lowest BCUT2D eigenvalue weighted by molar-refractivity contribution is -0.377. The summed E-state index contributed by atoms with van der Waals surface area (Å²) in [6.45, 7) is 0. The summed E-state index contributed by atoms with van der Waals surface area (Å²) in [5, 5.41) is 9.57. The van der Waals surface area contributed by atoms with Gasteiger partial charge in [0.1, 0.15) is 11.5 Å². The van der Waals surface area contributed by atoms with E-state index >= 15 is 0 Å². The summed E-state index contributed by atoms with van der Waals surface area (Å²) in [5.74, 6) is 1.33. The lowest BCUT2D eigenvalue weighted by Crippen LogP contribution is -3.00. The molecular formula is C32H32ClNO2. The van der Waals surface area contributed by atoms with Crippen LogP contribution < -0.4 is 22.1 Å². The van der Waals surface area contributed by atoms with Crippen LogP contribution in [0.5, 0.6) is 11.5 Å². The molecule has 0 bridgehead atoms. The van der Waals surface area contributed by atoms with Crippen molar-refractivity contribution in [2.75, 3.05) is 7.11 Å². The Morgan fingerprint density at radius 3 is 1.47 bits per heavy atom. The van der Waals surface area contributed by atoms with Crippen molar-refractivity contribution in [3.63, 3.8) is 0 Å². The van der Waals surface area contributed by atoms with Crippen molar-refractivity contribution in [2.45, 2.75) is 12.8 Å². The zero-order chi connectivity index (χ0) is 24.6. The molecule has 0 aliphatic heterocycles. The van der Waals surface area contributed by atoms with Gasteiger partial charge in [0.05, 0.1) is 7.11 Å². The second-order valence-corrected chi connectivity index (χ2v) is 7.84. The molecule has 2 N–H and O–H groups in total. The van der Waals surface area contributed by atoms with Crippen LogP contribution in [0.3, 0.4) is 0 Å². The predicted octanol–water partition coefficient (Wildman–Crippen LogP) is 3.77. The van der Waals surface area contributed by atoms with Crippen molar-refractivity contribution in [2.24, 2.45) is 0 Å². The molecule has 3 nitrogen and oxygen atoms in total. The van der Waals surface area contributed by atoms with Gasteiger partial charge < -0.3 is 22.3 Å². The smallest absolute Gasteiger partial charge is 0.166 e. The summed E-state index contributed by atoms with van der Waals surface area (Å²) >= 11 is 0. The Kier molecular flexibility index (Phi) is 12.9. The number of hydrogen-bond donors (Lipinski definition) is 1. The average molecular weight is 498 g/mol. The lowest BCUT2D eigenvalue weighted by atomic mass is 10.0. The fraction of sp³-hybridized carbons (Fsp3) is 0.0938. The molecule has 0 unspecified atom stereocenters. The number of phenolic OH excluding ortho intramolecular Hbond substituents is 1. The molecule has 1 aromatic heterocycles. The molecule has 5 aromatic rings. The van der Waals surface area contributed by atoms with Crippen LogP contribution in [-0.4, -0.2) is 12.2 Å². The first-order valence-corrected chi connectivity index (χ1v) is 11.6. The first-order valence-electron chi connectivity index (χ1n) is 11.6. The lowest BCUT2D eigenvalue weighted by Gasteiger charge is -2.07. The highest BCUT2D eigenvalue weighted by molar-refractivity contribution is 5.37. The number of phenols is 1. The van der Waals surface area contributed by atoms with E-state index in [0.717, 1.165) is 24.2 Å². The van der Waals surface area contributed by atoms with Crippen LogP contribution in [-0.2, 0) is 12.8 Å². The molecule has 0 fully saturated rings. The fourth-order valence-electron chi connectivity index (χ4n) is 3.48. The van der Waals surface area contributed by atoms with Crippen molar-refractivity contribution in [1.82, 2.24) is 0 Å². The van der Waals surface area contributed by atoms with Gasteiger partial charge in [-0.3, -0.25) is 0 Å². The van der Waals surface area contributed by atoms with Crippen LogP contribution in [0.2, 0.25) is 0 Å². The predicted molar refractivity (Wildman–Crippen MR) is 143 cm³/mol. The van der Waals surface area contributed by atoms with Crippen molar-refractivity contribution < 1.29 is 27.2 Å². The van der Waals surface area contributed by atoms with Crippen molar-refractivity contribution in [3.8, 4) is 11.5 Å². The number of aromatic hydroxyl groups is 1. The molecule has 0 spiro atoms. The maximum Gasteiger partial charge on any atom is 0.166 e. The molecule has 5 rings (SSSR count). The topological polar surface area (TPSA) is 43.6 Å². The van der Waals surface area contributed by atoms with Crippen LogP contribution in [0.25, 0.3) is 0 Å². The number of nitrogens with one attached hydrogen (secondary N) is 1. The van der Waals surface area contributed by atoms with Crippen LogP contribution in [0.4, 0.5) is 0 Å². The third-order valence-corrected chi connectivity index (χ3v) is 5.27. The summed E-state index contributed by atoms with van der Waals surface area (Å²) in [5.41, 5.74) is 4.72. The first kappa shape index (κ1) is 28.2. The number of hydrogen-bond acceptors (Lipinski definition) is 2. The van der Waals surface area contributed by atoms with E-state index in [1.54, 1.807) is 13.2 Å². The van der Waals surface area contributed by atoms with E-state index in [9.17, 15) is 5.11 Å². The Morgan fingerprint density at radius 2 is 1.00 bits per heavy atom. The van der Waals surface area contributed by atoms with E-state index in [0.29, 0.717) is 5.75 Å². The number of rotatable bonds is 5. The van der Waals surface area contributed by atoms with Gasteiger partial charge in [0.15, 0.2) is 12.4 Å². The zero-order valence-electron chi connectivity index (χ0n) is 20.4. The molecule has 0 amide bonds. The van der Waals surface area contributed by atoms with Gasteiger partial charge in [-0.25, -0.2) is 4.98 Å². The highest BCUT2D eigenvalue weighted by Crippen LogP contribution is 2.21.